The van der Waals surface area contributed by atoms with Crippen molar-refractivity contribution in [3.63, 3.8) is 0 Å². The Balaban J connectivity index is 3.69. The molecule has 6 nitrogen and oxygen atoms in total. The maximum absolute atomic E-state index is 12.6. The van der Waals surface area contributed by atoms with Crippen molar-refractivity contribution in [1.29, 1.82) is 0 Å². The summed E-state index contributed by atoms with van der Waals surface area (Å²) in [5.41, 5.74) is 0. The van der Waals surface area contributed by atoms with Crippen LogP contribution in [0.15, 0.2) is 0 Å². The zero-order valence-corrected chi connectivity index (χ0v) is 45.0. The maximum atomic E-state index is 12.6. The number of carbonyl (C=O) groups excluding carboxylic acids is 3. The molecule has 6 heteroatoms. The highest BCUT2D eigenvalue weighted by Gasteiger charge is 2.19. The van der Waals surface area contributed by atoms with Gasteiger partial charge < -0.3 is 14.2 Å². The van der Waals surface area contributed by atoms with E-state index < -0.39 is 6.10 Å². The van der Waals surface area contributed by atoms with Crippen LogP contribution in [0.2, 0.25) is 0 Å². The molecule has 66 heavy (non-hydrogen) atoms. The van der Waals surface area contributed by atoms with Gasteiger partial charge in [0.15, 0.2) is 6.10 Å². The van der Waals surface area contributed by atoms with E-state index in [1.165, 1.54) is 244 Å². The van der Waals surface area contributed by atoms with Crippen molar-refractivity contribution in [3.05, 3.63) is 0 Å². The molecule has 0 fully saturated rings. The standard InChI is InChI=1S/C60H116O6/c1-4-7-10-13-15-17-18-19-20-21-22-23-24-25-26-27-28-29-30-31-32-33-34-35-36-37-38-39-40-41-42-43-45-47-50-53-59(62)65-56-57(55-64-58(61)52-49-46-12-9-6-3)66-60(63)54-51-48-44-16-14-11-8-5-2/h57H,4-56H2,1-3H3. The minimum absolute atomic E-state index is 0.0640. The molecule has 0 rings (SSSR count). The van der Waals surface area contributed by atoms with Crippen LogP contribution in [-0.2, 0) is 28.6 Å². The lowest BCUT2D eigenvalue weighted by atomic mass is 10.0. The Morgan fingerprint density at radius 1 is 0.242 bits per heavy atom. The number of hydrogen-bond donors (Lipinski definition) is 0. The van der Waals surface area contributed by atoms with E-state index >= 15 is 0 Å². The van der Waals surface area contributed by atoms with Gasteiger partial charge in [0.2, 0.25) is 0 Å². The van der Waals surface area contributed by atoms with Crippen molar-refractivity contribution in [2.24, 2.45) is 0 Å². The molecule has 1 unspecified atom stereocenters. The van der Waals surface area contributed by atoms with Crippen LogP contribution in [0.3, 0.4) is 0 Å². The molecule has 0 aliphatic heterocycles. The highest BCUT2D eigenvalue weighted by molar-refractivity contribution is 5.71. The number of carbonyl (C=O) groups is 3. The van der Waals surface area contributed by atoms with Crippen molar-refractivity contribution < 1.29 is 28.6 Å². The second kappa shape index (κ2) is 56.0. The average molecular weight is 934 g/mol. The molecular weight excluding hydrogens is 817 g/mol. The summed E-state index contributed by atoms with van der Waals surface area (Å²) in [5, 5.41) is 0. The van der Waals surface area contributed by atoms with Gasteiger partial charge >= 0.3 is 17.9 Å². The van der Waals surface area contributed by atoms with Gasteiger partial charge in [-0.05, 0) is 19.3 Å². The van der Waals surface area contributed by atoms with Gasteiger partial charge in [-0.25, -0.2) is 0 Å². The van der Waals surface area contributed by atoms with Gasteiger partial charge in [0.05, 0.1) is 0 Å². The fraction of sp³-hybridized carbons (Fsp3) is 0.950. The predicted octanol–water partition coefficient (Wildman–Crippen LogP) is 19.9. The monoisotopic (exact) mass is 933 g/mol. The molecule has 392 valence electrons. The highest BCUT2D eigenvalue weighted by atomic mass is 16.6. The first-order chi connectivity index (χ1) is 32.5. The number of rotatable bonds is 56. The zero-order chi connectivity index (χ0) is 47.9. The SMILES string of the molecule is CCCCCCCCCCCCCCCCCCCCCCCCCCCCCCCCCCCCCC(=O)OCC(COC(=O)CCCCCCC)OC(=O)CCCCCCCCCC. The zero-order valence-electron chi connectivity index (χ0n) is 45.0. The third kappa shape index (κ3) is 53.4. The first-order valence-electron chi connectivity index (χ1n) is 30.0. The Morgan fingerprint density at radius 2 is 0.409 bits per heavy atom. The summed E-state index contributed by atoms with van der Waals surface area (Å²) in [6.45, 7) is 6.57. The Kier molecular flexibility index (Phi) is 54.7. The van der Waals surface area contributed by atoms with Crippen LogP contribution in [0.1, 0.15) is 348 Å². The second-order valence-electron chi connectivity index (χ2n) is 20.6. The van der Waals surface area contributed by atoms with Gasteiger partial charge in [-0.1, -0.05) is 310 Å². The lowest BCUT2D eigenvalue weighted by Crippen LogP contribution is -2.30. The molecule has 0 aliphatic carbocycles. The minimum atomic E-state index is -0.757. The van der Waals surface area contributed by atoms with Crippen LogP contribution in [0.4, 0.5) is 0 Å². The molecule has 0 saturated heterocycles. The molecule has 0 saturated carbocycles. The molecule has 0 aliphatic rings. The van der Waals surface area contributed by atoms with E-state index in [4.69, 9.17) is 14.2 Å². The Hall–Kier alpha value is -1.59. The van der Waals surface area contributed by atoms with Crippen molar-refractivity contribution in [2.45, 2.75) is 354 Å². The first-order valence-corrected chi connectivity index (χ1v) is 30.0. The number of ether oxygens (including phenoxy) is 3. The predicted molar refractivity (Wildman–Crippen MR) is 284 cm³/mol. The summed E-state index contributed by atoms with van der Waals surface area (Å²) in [7, 11) is 0. The van der Waals surface area contributed by atoms with Crippen LogP contribution in [0, 0.1) is 0 Å². The topological polar surface area (TPSA) is 78.9 Å². The molecule has 1 atom stereocenters. The molecule has 0 aromatic carbocycles. The fourth-order valence-corrected chi connectivity index (χ4v) is 9.33. The average Bonchev–Trinajstić information content (AvgIpc) is 3.31. The molecule has 0 spiro atoms. The van der Waals surface area contributed by atoms with Gasteiger partial charge in [-0.15, -0.1) is 0 Å². The van der Waals surface area contributed by atoms with Crippen LogP contribution in [-0.4, -0.2) is 37.2 Å². The van der Waals surface area contributed by atoms with E-state index in [2.05, 4.69) is 20.8 Å². The number of unbranched alkanes of at least 4 members (excludes halogenated alkanes) is 45. The third-order valence-corrected chi connectivity index (χ3v) is 13.9. The van der Waals surface area contributed by atoms with Gasteiger partial charge in [0, 0.05) is 19.3 Å². The third-order valence-electron chi connectivity index (χ3n) is 13.9. The van der Waals surface area contributed by atoms with Crippen molar-refractivity contribution in [3.8, 4) is 0 Å². The summed E-state index contributed by atoms with van der Waals surface area (Å²) in [5.74, 6) is -0.865. The van der Waals surface area contributed by atoms with E-state index in [-0.39, 0.29) is 31.1 Å². The summed E-state index contributed by atoms with van der Waals surface area (Å²) in [4.78, 5) is 37.5. The van der Waals surface area contributed by atoms with Crippen LogP contribution >= 0.6 is 0 Å². The van der Waals surface area contributed by atoms with Gasteiger partial charge in [-0.2, -0.15) is 0 Å². The summed E-state index contributed by atoms with van der Waals surface area (Å²) in [6, 6.07) is 0. The molecular formula is C60H116O6. The number of hydrogen-bond acceptors (Lipinski definition) is 6. The van der Waals surface area contributed by atoms with E-state index in [1.807, 2.05) is 0 Å². The summed E-state index contributed by atoms with van der Waals surface area (Å²) < 4.78 is 16.6. The first kappa shape index (κ1) is 64.4. The number of esters is 3. The fourth-order valence-electron chi connectivity index (χ4n) is 9.33. The Bertz CT molecular complexity index is 982. The van der Waals surface area contributed by atoms with E-state index in [0.717, 1.165) is 64.2 Å². The molecule has 0 amide bonds. The molecule has 0 radical (unpaired) electrons. The van der Waals surface area contributed by atoms with Gasteiger partial charge in [0.25, 0.3) is 0 Å². The molecule has 0 N–H and O–H groups in total. The smallest absolute Gasteiger partial charge is 0.306 e. The molecule has 0 bridgehead atoms. The quantitative estimate of drug-likeness (QED) is 0.0343. The molecule has 0 heterocycles. The van der Waals surface area contributed by atoms with Crippen LogP contribution < -0.4 is 0 Å². The molecule has 0 aromatic heterocycles. The lowest BCUT2D eigenvalue weighted by molar-refractivity contribution is -0.167. The van der Waals surface area contributed by atoms with Gasteiger partial charge in [-0.3, -0.25) is 14.4 Å². The largest absolute Gasteiger partial charge is 0.462 e. The highest BCUT2D eigenvalue weighted by Crippen LogP contribution is 2.18. The summed E-state index contributed by atoms with van der Waals surface area (Å²) >= 11 is 0. The van der Waals surface area contributed by atoms with Crippen LogP contribution in [0.25, 0.3) is 0 Å². The van der Waals surface area contributed by atoms with Crippen LogP contribution in [0.5, 0.6) is 0 Å². The van der Waals surface area contributed by atoms with E-state index in [9.17, 15) is 14.4 Å². The normalized spacial score (nSPS) is 11.9. The lowest BCUT2D eigenvalue weighted by Gasteiger charge is -2.18. The van der Waals surface area contributed by atoms with Crippen molar-refractivity contribution in [1.82, 2.24) is 0 Å². The Morgan fingerprint density at radius 3 is 0.606 bits per heavy atom. The van der Waals surface area contributed by atoms with E-state index in [1.54, 1.807) is 0 Å². The minimum Gasteiger partial charge on any atom is -0.462 e. The maximum Gasteiger partial charge on any atom is 0.306 e. The second-order valence-corrected chi connectivity index (χ2v) is 20.6. The summed E-state index contributed by atoms with van der Waals surface area (Å²) in [6.07, 6.45) is 63.5. The van der Waals surface area contributed by atoms with Crippen molar-refractivity contribution >= 4 is 17.9 Å². The molecule has 0 aromatic rings. The van der Waals surface area contributed by atoms with E-state index in [0.29, 0.717) is 19.3 Å². The Labute approximate surface area is 412 Å². The van der Waals surface area contributed by atoms with Gasteiger partial charge in [0.1, 0.15) is 13.2 Å². The van der Waals surface area contributed by atoms with Crippen molar-refractivity contribution in [2.75, 3.05) is 13.2 Å².